The van der Waals surface area contributed by atoms with E-state index in [1.54, 1.807) is 0 Å². The van der Waals surface area contributed by atoms with Gasteiger partial charge in [0.1, 0.15) is 0 Å². The molecule has 0 aromatic rings. The maximum absolute atomic E-state index is 10.8. The summed E-state index contributed by atoms with van der Waals surface area (Å²) in [5.74, 6) is 0. The highest BCUT2D eigenvalue weighted by Gasteiger charge is 2.28. The van der Waals surface area contributed by atoms with Gasteiger partial charge in [0.15, 0.2) is 0 Å². The van der Waals surface area contributed by atoms with Gasteiger partial charge in [-0.15, -0.1) is 0 Å². The lowest BCUT2D eigenvalue weighted by Crippen LogP contribution is -2.14. The zero-order chi connectivity index (χ0) is 6.91. The lowest BCUT2D eigenvalue weighted by atomic mass is 10.3. The van der Waals surface area contributed by atoms with E-state index in [2.05, 4.69) is 4.52 Å². The van der Waals surface area contributed by atoms with Gasteiger partial charge in [0.05, 0.1) is 12.7 Å². The molecular weight excluding hydrogens is 162 g/mol. The Morgan fingerprint density at radius 2 is 2.44 bits per heavy atom. The van der Waals surface area contributed by atoms with Crippen LogP contribution in [0.5, 0.6) is 0 Å². The Hall–Kier alpha value is 0.440. The average Bonchev–Trinajstić information content (AvgIpc) is 1.60. The molecule has 1 fully saturated rings. The third kappa shape index (κ3) is 2.26. The van der Waals surface area contributed by atoms with E-state index in [1.807, 2.05) is 6.92 Å². The van der Waals surface area contributed by atoms with Crippen LogP contribution in [-0.2, 0) is 13.6 Å². The highest BCUT2D eigenvalue weighted by atomic mass is 35.7. The van der Waals surface area contributed by atoms with Crippen molar-refractivity contribution in [3.05, 3.63) is 0 Å². The minimum Gasteiger partial charge on any atom is -0.297 e. The zero-order valence-electron chi connectivity index (χ0n) is 5.04. The Labute approximate surface area is 58.6 Å². The van der Waals surface area contributed by atoms with E-state index in [1.165, 1.54) is 0 Å². The van der Waals surface area contributed by atoms with Crippen molar-refractivity contribution in [2.24, 2.45) is 0 Å². The first-order valence-electron chi connectivity index (χ1n) is 2.73. The molecule has 0 amide bonds. The second-order valence-corrected chi connectivity index (χ2v) is 4.54. The first kappa shape index (κ1) is 7.55. The molecule has 1 saturated heterocycles. The molecule has 0 bridgehead atoms. The van der Waals surface area contributed by atoms with Gasteiger partial charge in [0.2, 0.25) is 0 Å². The van der Waals surface area contributed by atoms with Crippen LogP contribution in [0.3, 0.4) is 0 Å². The summed E-state index contributed by atoms with van der Waals surface area (Å²) >= 11 is 5.28. The monoisotopic (exact) mass is 170 g/mol. The molecule has 1 aliphatic heterocycles. The van der Waals surface area contributed by atoms with Gasteiger partial charge in [-0.2, -0.15) is 0 Å². The number of halogens is 1. The Kier molecular flexibility index (Phi) is 2.17. The van der Waals surface area contributed by atoms with Crippen molar-refractivity contribution in [1.29, 1.82) is 0 Å². The molecule has 0 unspecified atom stereocenters. The van der Waals surface area contributed by atoms with Crippen molar-refractivity contribution in [3.63, 3.8) is 0 Å². The van der Waals surface area contributed by atoms with Gasteiger partial charge in [-0.1, -0.05) is 0 Å². The van der Waals surface area contributed by atoms with Gasteiger partial charge in [-0.3, -0.25) is 9.05 Å². The summed E-state index contributed by atoms with van der Waals surface area (Å²) < 4.78 is 20.2. The van der Waals surface area contributed by atoms with E-state index < -0.39 is 6.95 Å². The lowest BCUT2D eigenvalue weighted by molar-refractivity contribution is 0.103. The SMILES string of the molecule is C[C@H]1CCO[P@@](=O)(Cl)O1. The van der Waals surface area contributed by atoms with Gasteiger partial charge < -0.3 is 0 Å². The standard InChI is InChI=1S/C4H8ClO3P/c1-4-2-3-7-9(5,6)8-4/h4H,2-3H2,1H3/t4-,9-/m0/s1. The minimum atomic E-state index is -3.17. The van der Waals surface area contributed by atoms with Crippen LogP contribution in [0, 0.1) is 0 Å². The topological polar surface area (TPSA) is 35.5 Å². The van der Waals surface area contributed by atoms with Crippen molar-refractivity contribution < 1.29 is 13.6 Å². The number of rotatable bonds is 0. The lowest BCUT2D eigenvalue weighted by Gasteiger charge is -2.22. The largest absolute Gasteiger partial charge is 0.424 e. The molecule has 1 heterocycles. The summed E-state index contributed by atoms with van der Waals surface area (Å²) in [7, 11) is 0. The molecule has 2 atom stereocenters. The fraction of sp³-hybridized carbons (Fsp3) is 1.00. The van der Waals surface area contributed by atoms with E-state index in [-0.39, 0.29) is 6.10 Å². The van der Waals surface area contributed by atoms with Crippen LogP contribution in [0.25, 0.3) is 0 Å². The van der Waals surface area contributed by atoms with Crippen molar-refractivity contribution in [2.75, 3.05) is 6.61 Å². The van der Waals surface area contributed by atoms with Gasteiger partial charge in [-0.05, 0) is 13.3 Å². The molecule has 0 saturated carbocycles. The fourth-order valence-corrected chi connectivity index (χ4v) is 2.16. The van der Waals surface area contributed by atoms with Gasteiger partial charge >= 0.3 is 6.95 Å². The molecule has 5 heteroatoms. The highest BCUT2D eigenvalue weighted by Crippen LogP contribution is 2.56. The first-order valence-corrected chi connectivity index (χ1v) is 5.17. The average molecular weight is 171 g/mol. The van der Waals surface area contributed by atoms with Crippen molar-refractivity contribution in [1.82, 2.24) is 0 Å². The van der Waals surface area contributed by atoms with Crippen LogP contribution in [0.15, 0.2) is 0 Å². The van der Waals surface area contributed by atoms with E-state index in [0.29, 0.717) is 6.61 Å². The Morgan fingerprint density at radius 3 is 2.78 bits per heavy atom. The molecule has 0 spiro atoms. The van der Waals surface area contributed by atoms with E-state index in [9.17, 15) is 4.57 Å². The second-order valence-electron chi connectivity index (χ2n) is 1.97. The summed E-state index contributed by atoms with van der Waals surface area (Å²) in [6, 6.07) is 0. The summed E-state index contributed by atoms with van der Waals surface area (Å²) in [5, 5.41) is 0. The fourth-order valence-electron chi connectivity index (χ4n) is 0.626. The predicted octanol–water partition coefficient (Wildman–Crippen LogP) is 2.16. The van der Waals surface area contributed by atoms with Crippen LogP contribution < -0.4 is 0 Å². The zero-order valence-corrected chi connectivity index (χ0v) is 6.69. The Bertz CT molecular complexity index is 149. The van der Waals surface area contributed by atoms with Gasteiger partial charge in [-0.25, -0.2) is 4.57 Å². The van der Waals surface area contributed by atoms with Crippen LogP contribution in [-0.4, -0.2) is 12.7 Å². The van der Waals surface area contributed by atoms with E-state index in [4.69, 9.17) is 15.8 Å². The molecule has 1 aliphatic rings. The highest BCUT2D eigenvalue weighted by molar-refractivity contribution is 7.81. The third-order valence-corrected chi connectivity index (χ3v) is 2.71. The van der Waals surface area contributed by atoms with E-state index >= 15 is 0 Å². The second kappa shape index (κ2) is 2.59. The number of hydrogen-bond acceptors (Lipinski definition) is 3. The Balaban J connectivity index is 2.51. The third-order valence-electron chi connectivity index (χ3n) is 1.08. The maximum atomic E-state index is 10.8. The maximum Gasteiger partial charge on any atom is 0.424 e. The van der Waals surface area contributed by atoms with Crippen LogP contribution >= 0.6 is 18.2 Å². The molecule has 1 rings (SSSR count). The summed E-state index contributed by atoms with van der Waals surface area (Å²) in [4.78, 5) is 0. The summed E-state index contributed by atoms with van der Waals surface area (Å²) in [6.45, 7) is -0.921. The van der Waals surface area contributed by atoms with E-state index in [0.717, 1.165) is 6.42 Å². The number of hydrogen-bond donors (Lipinski definition) is 0. The molecular formula is C4H8ClO3P. The molecule has 0 aliphatic carbocycles. The smallest absolute Gasteiger partial charge is 0.297 e. The molecule has 3 nitrogen and oxygen atoms in total. The molecule has 0 N–H and O–H groups in total. The van der Waals surface area contributed by atoms with Crippen LogP contribution in [0.4, 0.5) is 0 Å². The Morgan fingerprint density at radius 1 is 1.78 bits per heavy atom. The van der Waals surface area contributed by atoms with Crippen LogP contribution in [0.1, 0.15) is 13.3 Å². The quantitative estimate of drug-likeness (QED) is 0.523. The van der Waals surface area contributed by atoms with Gasteiger partial charge in [0, 0.05) is 11.2 Å². The molecule has 9 heavy (non-hydrogen) atoms. The van der Waals surface area contributed by atoms with Crippen LogP contribution in [0.2, 0.25) is 0 Å². The molecule has 0 aromatic carbocycles. The molecule has 0 radical (unpaired) electrons. The molecule has 54 valence electrons. The van der Waals surface area contributed by atoms with Crippen molar-refractivity contribution in [2.45, 2.75) is 19.4 Å². The van der Waals surface area contributed by atoms with Crippen molar-refractivity contribution >= 4 is 18.2 Å². The predicted molar refractivity (Wildman–Crippen MR) is 34.6 cm³/mol. The van der Waals surface area contributed by atoms with Crippen molar-refractivity contribution in [3.8, 4) is 0 Å². The molecule has 0 aromatic heterocycles. The first-order chi connectivity index (χ1) is 4.10. The summed E-state index contributed by atoms with van der Waals surface area (Å²) in [5.41, 5.74) is 0. The van der Waals surface area contributed by atoms with Gasteiger partial charge in [0.25, 0.3) is 0 Å². The normalized spacial score (nSPS) is 44.9. The summed E-state index contributed by atoms with van der Waals surface area (Å²) in [6.07, 6.45) is 0.721. The minimum absolute atomic E-state index is 0.0397.